The molecular weight excluding hydrogens is 358 g/mol. The Hall–Kier alpha value is -2.45. The number of rotatable bonds is 5. The predicted molar refractivity (Wildman–Crippen MR) is 102 cm³/mol. The molecule has 0 aliphatic rings. The minimum Gasteiger partial charge on any atom is -0.298 e. The van der Waals surface area contributed by atoms with E-state index in [1.807, 2.05) is 18.2 Å². The molecule has 25 heavy (non-hydrogen) atoms. The first-order valence-corrected chi connectivity index (χ1v) is 9.25. The van der Waals surface area contributed by atoms with Gasteiger partial charge in [0.05, 0.1) is 15.1 Å². The van der Waals surface area contributed by atoms with Gasteiger partial charge in [-0.25, -0.2) is 4.98 Å². The Balaban J connectivity index is 1.81. The lowest BCUT2D eigenvalue weighted by Gasteiger charge is -2.07. The summed E-state index contributed by atoms with van der Waals surface area (Å²) in [5, 5.41) is 14.4. The maximum absolute atomic E-state index is 12.4. The first-order chi connectivity index (χ1) is 11.9. The van der Waals surface area contributed by atoms with E-state index < -0.39 is 4.92 Å². The van der Waals surface area contributed by atoms with Gasteiger partial charge in [0.2, 0.25) is 0 Å². The van der Waals surface area contributed by atoms with Gasteiger partial charge in [0.15, 0.2) is 5.13 Å². The van der Waals surface area contributed by atoms with Crippen molar-refractivity contribution in [1.29, 1.82) is 0 Å². The van der Waals surface area contributed by atoms with Crippen molar-refractivity contribution in [3.8, 4) is 0 Å². The van der Waals surface area contributed by atoms with Crippen LogP contribution in [0.3, 0.4) is 0 Å². The number of amides is 1. The molecule has 2 aromatic carbocycles. The van der Waals surface area contributed by atoms with Crippen LogP contribution in [0.5, 0.6) is 0 Å². The third-order valence-corrected chi connectivity index (χ3v) is 5.22. The van der Waals surface area contributed by atoms with Crippen LogP contribution in [0, 0.1) is 10.1 Å². The Morgan fingerprint density at radius 3 is 2.80 bits per heavy atom. The second-order valence-corrected chi connectivity index (χ2v) is 8.26. The second kappa shape index (κ2) is 7.20. The topological polar surface area (TPSA) is 85.1 Å². The number of thiazole rings is 1. The first kappa shape index (κ1) is 17.4. The van der Waals surface area contributed by atoms with E-state index >= 15 is 0 Å². The summed E-state index contributed by atoms with van der Waals surface area (Å²) in [7, 11) is 0. The van der Waals surface area contributed by atoms with Gasteiger partial charge in [-0.2, -0.15) is 0 Å². The Labute approximate surface area is 152 Å². The molecule has 0 spiro atoms. The van der Waals surface area contributed by atoms with Gasteiger partial charge in [-0.05, 0) is 24.3 Å². The molecule has 6 nitrogen and oxygen atoms in total. The molecule has 128 valence electrons. The molecule has 8 heteroatoms. The summed E-state index contributed by atoms with van der Waals surface area (Å²) in [6, 6.07) is 11.9. The number of carbonyl (C=O) groups excluding carboxylic acids is 1. The molecular formula is C17H15N3O3S2. The molecule has 1 amide bonds. The molecule has 0 bridgehead atoms. The van der Waals surface area contributed by atoms with Gasteiger partial charge in [-0.15, -0.1) is 11.8 Å². The number of nitrogens with zero attached hydrogens (tertiary/aromatic N) is 2. The second-order valence-electron chi connectivity index (χ2n) is 5.58. The molecule has 0 atom stereocenters. The normalized spacial score (nSPS) is 11.0. The predicted octanol–water partition coefficient (Wildman–Crippen LogP) is 4.96. The Kier molecular flexibility index (Phi) is 5.00. The van der Waals surface area contributed by atoms with Crippen LogP contribution in [-0.2, 0) is 0 Å². The van der Waals surface area contributed by atoms with Crippen LogP contribution >= 0.6 is 23.1 Å². The van der Waals surface area contributed by atoms with Gasteiger partial charge in [0.1, 0.15) is 0 Å². The average Bonchev–Trinajstić information content (AvgIpc) is 2.95. The molecule has 0 saturated carbocycles. The zero-order valence-corrected chi connectivity index (χ0v) is 15.2. The number of benzene rings is 2. The van der Waals surface area contributed by atoms with E-state index in [2.05, 4.69) is 24.1 Å². The molecule has 3 aromatic rings. The highest BCUT2D eigenvalue weighted by molar-refractivity contribution is 7.99. The Morgan fingerprint density at radius 1 is 1.28 bits per heavy atom. The standard InChI is InChI=1S/C17H15N3O3S2/c1-10(2)24-13-5-3-4-11(8-13)16(21)19-17-18-14-9-12(20(22)23)6-7-15(14)25-17/h3-10H,1-2H3,(H,18,19,21). The lowest BCUT2D eigenvalue weighted by Crippen LogP contribution is -2.11. The van der Waals surface area contributed by atoms with Crippen LogP contribution in [0.4, 0.5) is 10.8 Å². The van der Waals surface area contributed by atoms with Crippen molar-refractivity contribution in [3.05, 3.63) is 58.1 Å². The van der Waals surface area contributed by atoms with Gasteiger partial charge in [0, 0.05) is 27.8 Å². The van der Waals surface area contributed by atoms with Crippen molar-refractivity contribution >= 4 is 50.0 Å². The maximum Gasteiger partial charge on any atom is 0.271 e. The highest BCUT2D eigenvalue weighted by Crippen LogP contribution is 2.29. The first-order valence-electron chi connectivity index (χ1n) is 7.55. The van der Waals surface area contributed by atoms with E-state index in [1.54, 1.807) is 23.9 Å². The van der Waals surface area contributed by atoms with E-state index in [4.69, 9.17) is 0 Å². The van der Waals surface area contributed by atoms with E-state index in [0.29, 0.717) is 21.5 Å². The minimum absolute atomic E-state index is 0.0194. The van der Waals surface area contributed by atoms with Gasteiger partial charge >= 0.3 is 0 Å². The minimum atomic E-state index is -0.463. The summed E-state index contributed by atoms with van der Waals surface area (Å²) in [5.41, 5.74) is 1.03. The van der Waals surface area contributed by atoms with Crippen molar-refractivity contribution in [2.45, 2.75) is 24.0 Å². The quantitative estimate of drug-likeness (QED) is 0.388. The van der Waals surface area contributed by atoms with Crippen molar-refractivity contribution < 1.29 is 9.72 Å². The number of fused-ring (bicyclic) bond motifs is 1. The number of carbonyl (C=O) groups is 1. The van der Waals surface area contributed by atoms with Crippen LogP contribution in [0.1, 0.15) is 24.2 Å². The molecule has 0 fully saturated rings. The van der Waals surface area contributed by atoms with Crippen molar-refractivity contribution in [2.24, 2.45) is 0 Å². The number of nitro benzene ring substituents is 1. The van der Waals surface area contributed by atoms with Crippen molar-refractivity contribution in [2.75, 3.05) is 5.32 Å². The number of hydrogen-bond acceptors (Lipinski definition) is 6. The SMILES string of the molecule is CC(C)Sc1cccc(C(=O)Nc2nc3cc([N+](=O)[O-])ccc3s2)c1. The highest BCUT2D eigenvalue weighted by Gasteiger charge is 2.13. The smallest absolute Gasteiger partial charge is 0.271 e. The van der Waals surface area contributed by atoms with Crippen molar-refractivity contribution in [3.63, 3.8) is 0 Å². The third kappa shape index (κ3) is 4.15. The van der Waals surface area contributed by atoms with Crippen LogP contribution in [0.15, 0.2) is 47.4 Å². The summed E-state index contributed by atoms with van der Waals surface area (Å²) in [5.74, 6) is -0.250. The number of hydrogen-bond donors (Lipinski definition) is 1. The fraction of sp³-hybridized carbons (Fsp3) is 0.176. The molecule has 0 aliphatic carbocycles. The summed E-state index contributed by atoms with van der Waals surface area (Å²) in [4.78, 5) is 28.1. The van der Waals surface area contributed by atoms with Crippen LogP contribution in [0.25, 0.3) is 10.2 Å². The number of anilines is 1. The average molecular weight is 373 g/mol. The molecule has 0 radical (unpaired) electrons. The van der Waals surface area contributed by atoms with E-state index in [1.165, 1.54) is 23.5 Å². The zero-order valence-electron chi connectivity index (χ0n) is 13.6. The number of thioether (sulfide) groups is 1. The molecule has 0 saturated heterocycles. The van der Waals surface area contributed by atoms with E-state index in [0.717, 1.165) is 9.60 Å². The molecule has 0 aliphatic heterocycles. The maximum atomic E-state index is 12.4. The van der Waals surface area contributed by atoms with Crippen molar-refractivity contribution in [1.82, 2.24) is 4.98 Å². The number of nitrogens with one attached hydrogen (secondary N) is 1. The lowest BCUT2D eigenvalue weighted by molar-refractivity contribution is -0.384. The Bertz CT molecular complexity index is 953. The largest absolute Gasteiger partial charge is 0.298 e. The van der Waals surface area contributed by atoms with Crippen LogP contribution < -0.4 is 5.32 Å². The van der Waals surface area contributed by atoms with E-state index in [-0.39, 0.29) is 11.6 Å². The number of aromatic nitrogens is 1. The zero-order chi connectivity index (χ0) is 18.0. The van der Waals surface area contributed by atoms with Crippen LogP contribution in [0.2, 0.25) is 0 Å². The van der Waals surface area contributed by atoms with E-state index in [9.17, 15) is 14.9 Å². The van der Waals surface area contributed by atoms with Gasteiger partial charge in [0.25, 0.3) is 11.6 Å². The molecule has 1 aromatic heterocycles. The molecule has 0 unspecified atom stereocenters. The number of nitro groups is 1. The third-order valence-electron chi connectivity index (χ3n) is 3.27. The molecule has 3 rings (SSSR count). The van der Waals surface area contributed by atoms with Gasteiger partial charge < -0.3 is 0 Å². The fourth-order valence-corrected chi connectivity index (χ4v) is 3.97. The summed E-state index contributed by atoms with van der Waals surface area (Å²) < 4.78 is 0.782. The van der Waals surface area contributed by atoms with Gasteiger partial charge in [-0.1, -0.05) is 31.3 Å². The summed E-state index contributed by atoms with van der Waals surface area (Å²) in [6.45, 7) is 4.19. The number of non-ortho nitro benzene ring substituents is 1. The lowest BCUT2D eigenvalue weighted by atomic mass is 10.2. The molecule has 1 N–H and O–H groups in total. The monoisotopic (exact) mass is 373 g/mol. The Morgan fingerprint density at radius 2 is 2.08 bits per heavy atom. The highest BCUT2D eigenvalue weighted by atomic mass is 32.2. The van der Waals surface area contributed by atoms with Crippen LogP contribution in [-0.4, -0.2) is 21.1 Å². The fourth-order valence-electron chi connectivity index (χ4n) is 2.23. The molecule has 1 heterocycles. The summed E-state index contributed by atoms with van der Waals surface area (Å²) >= 11 is 2.97. The summed E-state index contributed by atoms with van der Waals surface area (Å²) in [6.07, 6.45) is 0. The van der Waals surface area contributed by atoms with Gasteiger partial charge in [-0.3, -0.25) is 20.2 Å².